The predicted molar refractivity (Wildman–Crippen MR) is 83.9 cm³/mol. The summed E-state index contributed by atoms with van der Waals surface area (Å²) in [4.78, 5) is 11.3. The van der Waals surface area contributed by atoms with E-state index in [0.29, 0.717) is 6.54 Å². The highest BCUT2D eigenvalue weighted by Crippen LogP contribution is 2.06. The van der Waals surface area contributed by atoms with E-state index in [-0.39, 0.29) is 6.09 Å². The van der Waals surface area contributed by atoms with Gasteiger partial charge in [0.25, 0.3) is 0 Å². The van der Waals surface area contributed by atoms with Crippen molar-refractivity contribution in [2.45, 2.75) is 39.7 Å². The number of nitrogens with one attached hydrogen (secondary N) is 2. The first-order chi connectivity index (χ1) is 8.95. The minimum atomic E-state index is -0.439. The molecule has 19 heavy (non-hydrogen) atoms. The third-order valence-corrected chi connectivity index (χ3v) is 3.02. The summed E-state index contributed by atoms with van der Waals surface area (Å²) in [5.74, 6) is 2.41. The molecule has 0 aromatic heterocycles. The number of amides is 1. The molecule has 4 nitrogen and oxygen atoms in total. The van der Waals surface area contributed by atoms with E-state index in [0.717, 1.165) is 13.1 Å². The molecular weight excluding hydrogens is 260 g/mol. The van der Waals surface area contributed by atoms with E-state index in [1.807, 2.05) is 44.7 Å². The summed E-state index contributed by atoms with van der Waals surface area (Å²) in [7, 11) is 0. The van der Waals surface area contributed by atoms with Crippen LogP contribution in [0.15, 0.2) is 12.2 Å². The summed E-state index contributed by atoms with van der Waals surface area (Å²) in [6.07, 6.45) is 4.77. The fraction of sp³-hybridized carbons (Fsp3) is 0.786. The van der Waals surface area contributed by atoms with Gasteiger partial charge in [0.1, 0.15) is 5.60 Å². The van der Waals surface area contributed by atoms with Crippen molar-refractivity contribution >= 4 is 17.9 Å². The van der Waals surface area contributed by atoms with Crippen LogP contribution in [0.25, 0.3) is 0 Å². The average molecular weight is 288 g/mol. The first-order valence-corrected chi connectivity index (χ1v) is 8.01. The maximum atomic E-state index is 11.3. The maximum absolute atomic E-state index is 11.3. The number of alkyl carbamates (subject to hydrolysis) is 1. The largest absolute Gasteiger partial charge is 0.444 e. The van der Waals surface area contributed by atoms with Crippen molar-refractivity contribution < 1.29 is 9.53 Å². The lowest BCUT2D eigenvalue weighted by Crippen LogP contribution is -2.32. The lowest BCUT2D eigenvalue weighted by molar-refractivity contribution is 0.0534. The second kappa shape index (κ2) is 11.2. The molecule has 0 aromatic carbocycles. The second-order valence-electron chi connectivity index (χ2n) is 5.11. The van der Waals surface area contributed by atoms with Gasteiger partial charge >= 0.3 is 6.09 Å². The minimum Gasteiger partial charge on any atom is -0.444 e. The highest BCUT2D eigenvalue weighted by atomic mass is 32.2. The molecule has 0 rings (SSSR count). The van der Waals surface area contributed by atoms with Crippen LogP contribution in [-0.2, 0) is 4.74 Å². The highest BCUT2D eigenvalue weighted by Gasteiger charge is 2.14. The number of hydrogen-bond acceptors (Lipinski definition) is 4. The first kappa shape index (κ1) is 18.3. The number of carbonyl (C=O) groups excluding carboxylic acids is 1. The van der Waals surface area contributed by atoms with Crippen molar-refractivity contribution in [1.82, 2.24) is 10.6 Å². The van der Waals surface area contributed by atoms with E-state index >= 15 is 0 Å². The smallest absolute Gasteiger partial charge is 0.407 e. The molecule has 0 saturated heterocycles. The SMILES string of the molecule is CCSCCCNC/C=C/CNC(=O)OC(C)(C)C. The van der Waals surface area contributed by atoms with Crippen molar-refractivity contribution in [2.24, 2.45) is 0 Å². The summed E-state index contributed by atoms with van der Waals surface area (Å²) < 4.78 is 5.12. The molecule has 0 spiro atoms. The van der Waals surface area contributed by atoms with Crippen LogP contribution in [0.3, 0.4) is 0 Å². The summed E-state index contributed by atoms with van der Waals surface area (Å²) in [6, 6.07) is 0. The molecule has 0 aliphatic carbocycles. The van der Waals surface area contributed by atoms with Gasteiger partial charge < -0.3 is 15.4 Å². The first-order valence-electron chi connectivity index (χ1n) is 6.86. The van der Waals surface area contributed by atoms with Gasteiger partial charge in [0.2, 0.25) is 0 Å². The quantitative estimate of drug-likeness (QED) is 0.506. The van der Waals surface area contributed by atoms with Crippen LogP contribution in [0, 0.1) is 0 Å². The summed E-state index contributed by atoms with van der Waals surface area (Å²) in [5.41, 5.74) is -0.439. The topological polar surface area (TPSA) is 50.4 Å². The fourth-order valence-electron chi connectivity index (χ4n) is 1.25. The molecule has 2 N–H and O–H groups in total. The van der Waals surface area contributed by atoms with E-state index in [1.54, 1.807) is 0 Å². The van der Waals surface area contributed by atoms with Crippen molar-refractivity contribution in [3.05, 3.63) is 12.2 Å². The molecule has 112 valence electrons. The van der Waals surface area contributed by atoms with Crippen LogP contribution in [0.1, 0.15) is 34.1 Å². The molecule has 0 heterocycles. The van der Waals surface area contributed by atoms with Crippen molar-refractivity contribution in [2.75, 3.05) is 31.1 Å². The van der Waals surface area contributed by atoms with Crippen LogP contribution < -0.4 is 10.6 Å². The normalized spacial score (nSPS) is 11.8. The number of thioether (sulfide) groups is 1. The van der Waals surface area contributed by atoms with Crippen molar-refractivity contribution in [3.63, 3.8) is 0 Å². The van der Waals surface area contributed by atoms with Crippen LogP contribution in [-0.4, -0.2) is 42.8 Å². The maximum Gasteiger partial charge on any atom is 0.407 e. The molecule has 0 aliphatic rings. The van der Waals surface area contributed by atoms with Crippen molar-refractivity contribution in [3.8, 4) is 0 Å². The zero-order valence-electron chi connectivity index (χ0n) is 12.6. The minimum absolute atomic E-state index is 0.373. The predicted octanol–water partition coefficient (Wildman–Crippen LogP) is 2.80. The van der Waals surface area contributed by atoms with E-state index < -0.39 is 5.60 Å². The zero-order chi connectivity index (χ0) is 14.6. The van der Waals surface area contributed by atoms with Gasteiger partial charge in [-0.3, -0.25) is 0 Å². The third kappa shape index (κ3) is 15.3. The number of rotatable bonds is 9. The van der Waals surface area contributed by atoms with Gasteiger partial charge in [-0.2, -0.15) is 11.8 Å². The van der Waals surface area contributed by atoms with Crippen LogP contribution in [0.5, 0.6) is 0 Å². The Balaban J connectivity index is 3.37. The molecule has 0 unspecified atom stereocenters. The lowest BCUT2D eigenvalue weighted by atomic mass is 10.2. The number of hydrogen-bond donors (Lipinski definition) is 2. The van der Waals surface area contributed by atoms with Crippen LogP contribution in [0.2, 0.25) is 0 Å². The Morgan fingerprint density at radius 2 is 1.95 bits per heavy atom. The molecule has 0 fully saturated rings. The van der Waals surface area contributed by atoms with Gasteiger partial charge in [-0.25, -0.2) is 4.79 Å². The Morgan fingerprint density at radius 1 is 1.26 bits per heavy atom. The summed E-state index contributed by atoms with van der Waals surface area (Å²) in [5, 5.41) is 6.01. The molecule has 0 radical (unpaired) electrons. The number of carbonyl (C=O) groups is 1. The van der Waals surface area contributed by atoms with Gasteiger partial charge in [-0.05, 0) is 45.2 Å². The molecular formula is C14H28N2O2S. The Kier molecular flexibility index (Phi) is 10.8. The molecule has 0 atom stereocenters. The molecule has 5 heteroatoms. The summed E-state index contributed by atoms with van der Waals surface area (Å²) >= 11 is 1.97. The Bertz CT molecular complexity index is 263. The molecule has 0 saturated carbocycles. The van der Waals surface area contributed by atoms with Crippen LogP contribution in [0.4, 0.5) is 4.79 Å². The Morgan fingerprint density at radius 3 is 2.58 bits per heavy atom. The van der Waals surface area contributed by atoms with Crippen molar-refractivity contribution in [1.29, 1.82) is 0 Å². The van der Waals surface area contributed by atoms with Gasteiger partial charge in [0, 0.05) is 13.1 Å². The highest BCUT2D eigenvalue weighted by molar-refractivity contribution is 7.99. The van der Waals surface area contributed by atoms with E-state index in [9.17, 15) is 4.79 Å². The lowest BCUT2D eigenvalue weighted by Gasteiger charge is -2.19. The molecule has 1 amide bonds. The van der Waals surface area contributed by atoms with E-state index in [4.69, 9.17) is 4.74 Å². The average Bonchev–Trinajstić information content (AvgIpc) is 2.29. The molecule has 0 aromatic rings. The monoisotopic (exact) mass is 288 g/mol. The standard InChI is InChI=1S/C14H28N2O2S/c1-5-19-12-8-10-15-9-6-7-11-16-13(17)18-14(2,3)4/h6-7,15H,5,8-12H2,1-4H3,(H,16,17)/b7-6+. The molecule has 0 aliphatic heterocycles. The molecule has 0 bridgehead atoms. The zero-order valence-corrected chi connectivity index (χ0v) is 13.4. The Labute approximate surface area is 121 Å². The van der Waals surface area contributed by atoms with E-state index in [2.05, 4.69) is 17.6 Å². The van der Waals surface area contributed by atoms with Gasteiger partial charge in [-0.15, -0.1) is 0 Å². The van der Waals surface area contributed by atoms with E-state index in [1.165, 1.54) is 17.9 Å². The fourth-order valence-corrected chi connectivity index (χ4v) is 1.89. The van der Waals surface area contributed by atoms with Crippen LogP contribution >= 0.6 is 11.8 Å². The van der Waals surface area contributed by atoms with Gasteiger partial charge in [-0.1, -0.05) is 19.1 Å². The second-order valence-corrected chi connectivity index (χ2v) is 6.50. The third-order valence-electron chi connectivity index (χ3n) is 2.04. The Hall–Kier alpha value is -0.680. The van der Waals surface area contributed by atoms with Gasteiger partial charge in [0.05, 0.1) is 0 Å². The van der Waals surface area contributed by atoms with Gasteiger partial charge in [0.15, 0.2) is 0 Å². The number of ether oxygens (including phenoxy) is 1. The summed E-state index contributed by atoms with van der Waals surface area (Å²) in [6.45, 7) is 10.1.